The number of hydrogen-bond donors (Lipinski definition) is 2. The maximum atomic E-state index is 14.8. The number of anilines is 2. The molecular weight excluding hydrogens is 473 g/mol. The van der Waals surface area contributed by atoms with E-state index in [9.17, 15) is 14.0 Å². The van der Waals surface area contributed by atoms with Gasteiger partial charge in [-0.1, -0.05) is 12.1 Å². The van der Waals surface area contributed by atoms with Gasteiger partial charge in [0, 0.05) is 50.5 Å². The number of carbonyl (C=O) groups excluding carboxylic acids is 2. The number of amides is 1. The number of piperazine rings is 1. The standard InChI is InChI=1S/C25H30FN5O3.ClH/c1-2-34-25(33)31-15-13-30(14-16-31)20-8-9-21(22(26)17-20)23(32)10-5-18-3-6-19(7-4-18)29-24-27-11-12-28-24;/h3-4,6-9,17H,2,5,10-16H2,1H3,(H2,27,28,29);1H. The molecule has 0 radical (unpaired) electrons. The second-order valence-corrected chi connectivity index (χ2v) is 8.24. The molecule has 1 amide bonds. The lowest BCUT2D eigenvalue weighted by atomic mass is 10.0. The third kappa shape index (κ3) is 6.85. The molecule has 1 saturated heterocycles. The first kappa shape index (κ1) is 26.3. The van der Waals surface area contributed by atoms with Crippen molar-refractivity contribution in [1.29, 1.82) is 0 Å². The molecule has 2 N–H and O–H groups in total. The van der Waals surface area contributed by atoms with Gasteiger partial charge in [-0.15, -0.1) is 12.4 Å². The van der Waals surface area contributed by atoms with Crippen LogP contribution in [-0.4, -0.2) is 68.6 Å². The lowest BCUT2D eigenvalue weighted by molar-refractivity contribution is 0.0977. The summed E-state index contributed by atoms with van der Waals surface area (Å²) < 4.78 is 19.8. The predicted molar refractivity (Wildman–Crippen MR) is 137 cm³/mol. The SMILES string of the molecule is CCOC(=O)N1CCN(c2ccc(C(=O)CCc3ccc(NC4=NCCN4)cc3)c(F)c2)CC1.Cl. The summed E-state index contributed by atoms with van der Waals surface area (Å²) in [6.07, 6.45) is 0.450. The van der Waals surface area contributed by atoms with E-state index in [0.29, 0.717) is 44.9 Å². The van der Waals surface area contributed by atoms with Crippen LogP contribution in [0.3, 0.4) is 0 Å². The van der Waals surface area contributed by atoms with E-state index in [1.165, 1.54) is 6.07 Å². The van der Waals surface area contributed by atoms with Crippen LogP contribution in [0.2, 0.25) is 0 Å². The Morgan fingerprint density at radius 1 is 1.11 bits per heavy atom. The molecule has 0 saturated carbocycles. The van der Waals surface area contributed by atoms with Crippen LogP contribution in [0.4, 0.5) is 20.6 Å². The fraction of sp³-hybridized carbons (Fsp3) is 0.400. The minimum atomic E-state index is -0.514. The van der Waals surface area contributed by atoms with Crippen molar-refractivity contribution in [3.05, 3.63) is 59.4 Å². The second-order valence-electron chi connectivity index (χ2n) is 8.24. The zero-order valence-corrected chi connectivity index (χ0v) is 20.6. The topological polar surface area (TPSA) is 86.3 Å². The molecule has 35 heavy (non-hydrogen) atoms. The van der Waals surface area contributed by atoms with Gasteiger partial charge in [0.05, 0.1) is 18.7 Å². The van der Waals surface area contributed by atoms with E-state index in [0.717, 1.165) is 30.3 Å². The van der Waals surface area contributed by atoms with Gasteiger partial charge >= 0.3 is 6.09 Å². The minimum Gasteiger partial charge on any atom is -0.450 e. The Bertz CT molecular complexity index is 1060. The smallest absolute Gasteiger partial charge is 0.409 e. The summed E-state index contributed by atoms with van der Waals surface area (Å²) in [6, 6.07) is 12.6. The van der Waals surface area contributed by atoms with Gasteiger partial charge in [0.2, 0.25) is 0 Å². The lowest BCUT2D eigenvalue weighted by Crippen LogP contribution is -2.49. The van der Waals surface area contributed by atoms with Crippen LogP contribution in [-0.2, 0) is 11.2 Å². The number of hydrogen-bond acceptors (Lipinski definition) is 7. The molecular formula is C25H31ClFN5O3. The molecule has 2 aliphatic rings. The first-order valence-corrected chi connectivity index (χ1v) is 11.7. The van der Waals surface area contributed by atoms with E-state index in [-0.39, 0.29) is 36.3 Å². The van der Waals surface area contributed by atoms with Gasteiger partial charge in [0.25, 0.3) is 0 Å². The number of ether oxygens (including phenoxy) is 1. The normalized spacial score (nSPS) is 15.1. The van der Waals surface area contributed by atoms with Crippen LogP contribution < -0.4 is 15.5 Å². The van der Waals surface area contributed by atoms with Crippen molar-refractivity contribution in [3.63, 3.8) is 0 Å². The van der Waals surface area contributed by atoms with Crippen molar-refractivity contribution in [2.75, 3.05) is 56.1 Å². The highest BCUT2D eigenvalue weighted by Crippen LogP contribution is 2.22. The van der Waals surface area contributed by atoms with E-state index in [1.54, 1.807) is 24.0 Å². The number of halogens is 2. The number of aliphatic imine (C=N–C) groups is 1. The molecule has 0 bridgehead atoms. The Morgan fingerprint density at radius 2 is 1.86 bits per heavy atom. The first-order valence-electron chi connectivity index (χ1n) is 11.7. The molecule has 0 aliphatic carbocycles. The second kappa shape index (κ2) is 12.4. The third-order valence-corrected chi connectivity index (χ3v) is 5.96. The van der Waals surface area contributed by atoms with Crippen molar-refractivity contribution < 1.29 is 18.7 Å². The monoisotopic (exact) mass is 503 g/mol. The third-order valence-electron chi connectivity index (χ3n) is 5.96. The molecule has 0 spiro atoms. The molecule has 2 aromatic carbocycles. The van der Waals surface area contributed by atoms with E-state index in [4.69, 9.17) is 4.74 Å². The van der Waals surface area contributed by atoms with Crippen molar-refractivity contribution in [2.24, 2.45) is 4.99 Å². The Hall–Kier alpha value is -3.33. The van der Waals surface area contributed by atoms with Gasteiger partial charge in [0.1, 0.15) is 5.82 Å². The van der Waals surface area contributed by atoms with Gasteiger partial charge < -0.3 is 25.2 Å². The van der Waals surface area contributed by atoms with Gasteiger partial charge in [-0.05, 0) is 49.2 Å². The highest BCUT2D eigenvalue weighted by atomic mass is 35.5. The number of Topliss-reactive ketones (excluding diaryl/α,β-unsaturated/α-hetero) is 1. The van der Waals surface area contributed by atoms with Crippen LogP contribution in [0, 0.1) is 5.82 Å². The molecule has 2 aliphatic heterocycles. The molecule has 188 valence electrons. The van der Waals surface area contributed by atoms with Gasteiger partial charge in [-0.3, -0.25) is 9.79 Å². The summed E-state index contributed by atoms with van der Waals surface area (Å²) in [6.45, 7) is 5.92. The van der Waals surface area contributed by atoms with Crippen LogP contribution in [0.5, 0.6) is 0 Å². The van der Waals surface area contributed by atoms with Crippen molar-refractivity contribution in [3.8, 4) is 0 Å². The number of nitrogens with one attached hydrogen (secondary N) is 2. The maximum absolute atomic E-state index is 14.8. The van der Waals surface area contributed by atoms with E-state index >= 15 is 0 Å². The molecule has 1 fully saturated rings. The summed E-state index contributed by atoms with van der Waals surface area (Å²) in [4.78, 5) is 32.5. The Balaban J connectivity index is 0.00000342. The van der Waals surface area contributed by atoms with Crippen LogP contribution >= 0.6 is 12.4 Å². The van der Waals surface area contributed by atoms with Crippen molar-refractivity contribution in [1.82, 2.24) is 10.2 Å². The first-order chi connectivity index (χ1) is 16.5. The number of nitrogens with zero attached hydrogens (tertiary/aromatic N) is 3. The number of ketones is 1. The summed E-state index contributed by atoms with van der Waals surface area (Å²) in [7, 11) is 0. The molecule has 0 unspecified atom stereocenters. The largest absolute Gasteiger partial charge is 0.450 e. The summed E-state index contributed by atoms with van der Waals surface area (Å²) in [5.41, 5.74) is 2.75. The predicted octanol–water partition coefficient (Wildman–Crippen LogP) is 3.71. The fourth-order valence-electron chi connectivity index (χ4n) is 4.05. The fourth-order valence-corrected chi connectivity index (χ4v) is 4.05. The molecule has 8 nitrogen and oxygen atoms in total. The molecule has 0 aromatic heterocycles. The van der Waals surface area contributed by atoms with E-state index in [2.05, 4.69) is 15.6 Å². The number of rotatable bonds is 7. The average molecular weight is 504 g/mol. The maximum Gasteiger partial charge on any atom is 0.409 e. The number of guanidine groups is 1. The van der Waals surface area contributed by atoms with Crippen molar-refractivity contribution in [2.45, 2.75) is 19.8 Å². The molecule has 2 heterocycles. The highest BCUT2D eigenvalue weighted by Gasteiger charge is 2.23. The minimum absolute atomic E-state index is 0. The Morgan fingerprint density at radius 3 is 2.49 bits per heavy atom. The number of benzene rings is 2. The van der Waals surface area contributed by atoms with Crippen LogP contribution in [0.1, 0.15) is 29.3 Å². The molecule has 2 aromatic rings. The van der Waals surface area contributed by atoms with E-state index < -0.39 is 5.82 Å². The zero-order chi connectivity index (χ0) is 23.9. The van der Waals surface area contributed by atoms with Crippen LogP contribution in [0.25, 0.3) is 0 Å². The van der Waals surface area contributed by atoms with E-state index in [1.807, 2.05) is 29.2 Å². The summed E-state index contributed by atoms with van der Waals surface area (Å²) in [5, 5.41) is 6.36. The van der Waals surface area contributed by atoms with Gasteiger partial charge in [0.15, 0.2) is 11.7 Å². The highest BCUT2D eigenvalue weighted by molar-refractivity contribution is 5.97. The Labute approximate surface area is 210 Å². The van der Waals surface area contributed by atoms with Crippen LogP contribution in [0.15, 0.2) is 47.5 Å². The lowest BCUT2D eigenvalue weighted by Gasteiger charge is -2.35. The number of carbonyl (C=O) groups is 2. The molecule has 10 heteroatoms. The quantitative estimate of drug-likeness (QED) is 0.560. The van der Waals surface area contributed by atoms with Gasteiger partial charge in [-0.25, -0.2) is 9.18 Å². The zero-order valence-electron chi connectivity index (χ0n) is 19.8. The number of aryl methyl sites for hydroxylation is 1. The summed E-state index contributed by atoms with van der Waals surface area (Å²) in [5.74, 6) is 0.0327. The van der Waals surface area contributed by atoms with Crippen molar-refractivity contribution >= 4 is 41.6 Å². The molecule has 4 rings (SSSR count). The Kier molecular flexibility index (Phi) is 9.31. The summed E-state index contributed by atoms with van der Waals surface area (Å²) >= 11 is 0. The van der Waals surface area contributed by atoms with Gasteiger partial charge in [-0.2, -0.15) is 0 Å². The average Bonchev–Trinajstić information content (AvgIpc) is 3.37. The molecule has 0 atom stereocenters.